The summed E-state index contributed by atoms with van der Waals surface area (Å²) < 4.78 is 44.8. The van der Waals surface area contributed by atoms with Crippen LogP contribution in [0.4, 0.5) is 19.3 Å². The first-order chi connectivity index (χ1) is 14.0. The number of carbonyl (C=O) groups is 1. The Morgan fingerprint density at radius 1 is 1.10 bits per heavy atom. The Balaban J connectivity index is 1.64. The maximum atomic E-state index is 13.9. The summed E-state index contributed by atoms with van der Waals surface area (Å²) in [7, 11) is 0. The highest BCUT2D eigenvalue weighted by atomic mass is 19.1. The van der Waals surface area contributed by atoms with E-state index in [1.165, 1.54) is 17.0 Å². The largest absolute Gasteiger partial charge is 0.441 e. The molecule has 1 unspecified atom stereocenters. The molecule has 0 saturated carbocycles. The lowest BCUT2D eigenvalue weighted by Crippen LogP contribution is -2.33. The van der Waals surface area contributed by atoms with Crippen LogP contribution in [0.1, 0.15) is 36.4 Å². The van der Waals surface area contributed by atoms with Gasteiger partial charge in [0.05, 0.1) is 6.61 Å². The molecule has 0 spiro atoms. The van der Waals surface area contributed by atoms with Gasteiger partial charge in [-0.15, -0.1) is 0 Å². The summed E-state index contributed by atoms with van der Waals surface area (Å²) in [6.07, 6.45) is 1.09. The number of cyclic esters (lactones) is 1. The highest BCUT2D eigenvalue weighted by Crippen LogP contribution is 2.38. The van der Waals surface area contributed by atoms with Gasteiger partial charge in [0, 0.05) is 18.4 Å². The van der Waals surface area contributed by atoms with E-state index in [-0.39, 0.29) is 12.9 Å². The summed E-state index contributed by atoms with van der Waals surface area (Å²) >= 11 is 0. The van der Waals surface area contributed by atoms with Crippen molar-refractivity contribution in [1.29, 1.82) is 0 Å². The van der Waals surface area contributed by atoms with Gasteiger partial charge in [0.2, 0.25) is 0 Å². The SMILES string of the molecule is Cc1ccc(N2C(=O)O[C@@H](COC3CCCCO3)[C@@H]2c2cc(F)cc(F)c2)cc1. The predicted octanol–water partition coefficient (Wildman–Crippen LogP) is 4.88. The van der Waals surface area contributed by atoms with Crippen LogP contribution in [-0.4, -0.2) is 31.7 Å². The number of hydrogen-bond donors (Lipinski definition) is 0. The molecule has 2 fully saturated rings. The van der Waals surface area contributed by atoms with E-state index in [4.69, 9.17) is 14.2 Å². The number of amides is 1. The maximum Gasteiger partial charge on any atom is 0.415 e. The van der Waals surface area contributed by atoms with Gasteiger partial charge in [-0.05, 0) is 56.0 Å². The van der Waals surface area contributed by atoms with E-state index in [9.17, 15) is 13.6 Å². The van der Waals surface area contributed by atoms with Crippen molar-refractivity contribution in [3.05, 3.63) is 65.2 Å². The number of anilines is 1. The summed E-state index contributed by atoms with van der Waals surface area (Å²) in [5.74, 6) is -1.42. The lowest BCUT2D eigenvalue weighted by atomic mass is 10.00. The highest BCUT2D eigenvalue weighted by molar-refractivity contribution is 5.91. The second-order valence-corrected chi connectivity index (χ2v) is 7.40. The third-order valence-electron chi connectivity index (χ3n) is 5.20. The zero-order valence-electron chi connectivity index (χ0n) is 16.1. The molecule has 2 aromatic carbocycles. The second kappa shape index (κ2) is 8.47. The van der Waals surface area contributed by atoms with Crippen LogP contribution in [0.5, 0.6) is 0 Å². The number of hydrogen-bond acceptors (Lipinski definition) is 4. The van der Waals surface area contributed by atoms with Crippen LogP contribution in [0.2, 0.25) is 0 Å². The molecule has 2 aromatic rings. The molecule has 0 radical (unpaired) electrons. The molecule has 2 heterocycles. The number of ether oxygens (including phenoxy) is 3. The Labute approximate surface area is 168 Å². The van der Waals surface area contributed by atoms with E-state index in [0.29, 0.717) is 17.9 Å². The molecule has 7 heteroatoms. The predicted molar refractivity (Wildman–Crippen MR) is 103 cm³/mol. The summed E-state index contributed by atoms with van der Waals surface area (Å²) in [5, 5.41) is 0. The third-order valence-corrected chi connectivity index (χ3v) is 5.20. The lowest BCUT2D eigenvalue weighted by Gasteiger charge is -2.27. The van der Waals surface area contributed by atoms with Crippen LogP contribution < -0.4 is 4.90 Å². The summed E-state index contributed by atoms with van der Waals surface area (Å²) in [6.45, 7) is 2.64. The van der Waals surface area contributed by atoms with Gasteiger partial charge in [0.25, 0.3) is 0 Å². The van der Waals surface area contributed by atoms with Crippen molar-refractivity contribution in [3.8, 4) is 0 Å². The van der Waals surface area contributed by atoms with E-state index in [0.717, 1.165) is 30.9 Å². The standard InChI is InChI=1S/C22H23F2NO4/c1-14-5-7-18(8-6-14)25-21(15-10-16(23)12-17(24)11-15)19(29-22(25)26)13-28-20-4-2-3-9-27-20/h5-8,10-12,19-21H,2-4,9,13H2,1H3/t19-,20?,21-/m0/s1. The van der Waals surface area contributed by atoms with E-state index >= 15 is 0 Å². The van der Waals surface area contributed by atoms with Gasteiger partial charge in [-0.3, -0.25) is 4.90 Å². The minimum Gasteiger partial charge on any atom is -0.441 e. The van der Waals surface area contributed by atoms with Crippen molar-refractivity contribution in [2.24, 2.45) is 0 Å². The molecule has 0 aliphatic carbocycles. The van der Waals surface area contributed by atoms with Crippen LogP contribution >= 0.6 is 0 Å². The number of halogens is 2. The van der Waals surface area contributed by atoms with Gasteiger partial charge in [-0.1, -0.05) is 17.7 Å². The Kier molecular flexibility index (Phi) is 5.78. The summed E-state index contributed by atoms with van der Waals surface area (Å²) in [6, 6.07) is 9.83. The number of aryl methyl sites for hydroxylation is 1. The van der Waals surface area contributed by atoms with Crippen molar-refractivity contribution in [2.75, 3.05) is 18.1 Å². The fourth-order valence-corrected chi connectivity index (χ4v) is 3.78. The topological polar surface area (TPSA) is 48.0 Å². The molecule has 0 aromatic heterocycles. The smallest absolute Gasteiger partial charge is 0.415 e. The average molecular weight is 403 g/mol. The first-order valence-corrected chi connectivity index (χ1v) is 9.77. The fourth-order valence-electron chi connectivity index (χ4n) is 3.78. The Morgan fingerprint density at radius 2 is 1.83 bits per heavy atom. The van der Waals surface area contributed by atoms with Crippen LogP contribution in [0, 0.1) is 18.6 Å². The quantitative estimate of drug-likeness (QED) is 0.714. The van der Waals surface area contributed by atoms with Gasteiger partial charge in [-0.25, -0.2) is 13.6 Å². The van der Waals surface area contributed by atoms with E-state index in [1.54, 1.807) is 12.1 Å². The Bertz CT molecular complexity index is 847. The van der Waals surface area contributed by atoms with Crippen molar-refractivity contribution in [2.45, 2.75) is 44.6 Å². The molecule has 2 aliphatic rings. The molecule has 4 rings (SSSR count). The molecule has 5 nitrogen and oxygen atoms in total. The maximum absolute atomic E-state index is 13.9. The molecular formula is C22H23F2NO4. The number of rotatable bonds is 5. The number of carbonyl (C=O) groups excluding carboxylic acids is 1. The molecule has 2 saturated heterocycles. The van der Waals surface area contributed by atoms with Crippen molar-refractivity contribution < 1.29 is 27.8 Å². The fraction of sp³-hybridized carbons (Fsp3) is 0.409. The van der Waals surface area contributed by atoms with Gasteiger partial charge < -0.3 is 14.2 Å². The van der Waals surface area contributed by atoms with E-state index < -0.39 is 29.9 Å². The molecule has 154 valence electrons. The van der Waals surface area contributed by atoms with Gasteiger partial charge in [-0.2, -0.15) is 0 Å². The molecule has 1 amide bonds. The van der Waals surface area contributed by atoms with Crippen molar-refractivity contribution in [1.82, 2.24) is 0 Å². The number of nitrogens with zero attached hydrogens (tertiary/aromatic N) is 1. The van der Waals surface area contributed by atoms with Crippen LogP contribution in [0.3, 0.4) is 0 Å². The average Bonchev–Trinajstić information content (AvgIpc) is 3.03. The molecular weight excluding hydrogens is 380 g/mol. The zero-order chi connectivity index (χ0) is 20.4. The first-order valence-electron chi connectivity index (χ1n) is 9.77. The normalized spacial score (nSPS) is 24.6. The lowest BCUT2D eigenvalue weighted by molar-refractivity contribution is -0.174. The summed E-state index contributed by atoms with van der Waals surface area (Å²) in [4.78, 5) is 14.1. The van der Waals surface area contributed by atoms with Crippen molar-refractivity contribution >= 4 is 11.8 Å². The van der Waals surface area contributed by atoms with Crippen LogP contribution in [0.15, 0.2) is 42.5 Å². The third kappa shape index (κ3) is 4.41. The summed E-state index contributed by atoms with van der Waals surface area (Å²) in [5.41, 5.74) is 1.93. The Hall–Kier alpha value is -2.51. The van der Waals surface area contributed by atoms with Gasteiger partial charge >= 0.3 is 6.09 Å². The Morgan fingerprint density at radius 3 is 2.48 bits per heavy atom. The molecule has 0 bridgehead atoms. The minimum absolute atomic E-state index is 0.0710. The molecule has 29 heavy (non-hydrogen) atoms. The van der Waals surface area contributed by atoms with Gasteiger partial charge in [0.15, 0.2) is 12.4 Å². The molecule has 3 atom stereocenters. The number of benzene rings is 2. The van der Waals surface area contributed by atoms with E-state index in [2.05, 4.69) is 0 Å². The minimum atomic E-state index is -0.726. The second-order valence-electron chi connectivity index (χ2n) is 7.40. The molecule has 0 N–H and O–H groups in total. The van der Waals surface area contributed by atoms with E-state index in [1.807, 2.05) is 19.1 Å². The van der Waals surface area contributed by atoms with Crippen molar-refractivity contribution in [3.63, 3.8) is 0 Å². The zero-order valence-corrected chi connectivity index (χ0v) is 16.1. The highest BCUT2D eigenvalue weighted by Gasteiger charge is 2.44. The van der Waals surface area contributed by atoms with Crippen LogP contribution in [-0.2, 0) is 14.2 Å². The van der Waals surface area contributed by atoms with Gasteiger partial charge in [0.1, 0.15) is 17.7 Å². The monoisotopic (exact) mass is 403 g/mol. The first kappa shape index (κ1) is 19.8. The van der Waals surface area contributed by atoms with Crippen LogP contribution in [0.25, 0.3) is 0 Å². The molecule has 2 aliphatic heterocycles.